The molecule has 1 N–H and O–H groups in total. The lowest BCUT2D eigenvalue weighted by Crippen LogP contribution is -2.30. The predicted molar refractivity (Wildman–Crippen MR) is 64.9 cm³/mol. The van der Waals surface area contributed by atoms with Gasteiger partial charge in [0.25, 0.3) is 0 Å². The van der Waals surface area contributed by atoms with Crippen LogP contribution in [0.4, 0.5) is 0 Å². The zero-order chi connectivity index (χ0) is 10.5. The predicted octanol–water partition coefficient (Wildman–Crippen LogP) is 3.42. The molecular weight excluding hydrogens is 182 g/mol. The summed E-state index contributed by atoms with van der Waals surface area (Å²) < 4.78 is 0. The minimum atomic E-state index is 0.763. The maximum atomic E-state index is 3.67. The first-order valence-corrected chi connectivity index (χ1v) is 6.13. The van der Waals surface area contributed by atoms with Gasteiger partial charge in [0.15, 0.2) is 0 Å². The molecule has 2 rings (SSSR count). The Labute approximate surface area is 92.9 Å². The summed E-state index contributed by atoms with van der Waals surface area (Å²) in [6, 6.07) is 9.55. The number of nitrogens with one attached hydrogen (secondary N) is 1. The van der Waals surface area contributed by atoms with E-state index in [1.807, 2.05) is 0 Å². The van der Waals surface area contributed by atoms with Gasteiger partial charge in [-0.3, -0.25) is 0 Å². The Hall–Kier alpha value is -0.820. The van der Waals surface area contributed by atoms with Crippen LogP contribution in [0.2, 0.25) is 0 Å². The van der Waals surface area contributed by atoms with Gasteiger partial charge >= 0.3 is 0 Å². The Balaban J connectivity index is 1.81. The van der Waals surface area contributed by atoms with Crippen LogP contribution in [0.25, 0.3) is 0 Å². The highest BCUT2D eigenvalue weighted by Gasteiger charge is 2.11. The molecule has 0 heterocycles. The average Bonchev–Trinajstić information content (AvgIpc) is 2.28. The van der Waals surface area contributed by atoms with Crippen molar-refractivity contribution in [2.24, 2.45) is 0 Å². The zero-order valence-electron chi connectivity index (χ0n) is 9.63. The number of rotatable bonds is 3. The molecule has 1 fully saturated rings. The van der Waals surface area contributed by atoms with Crippen molar-refractivity contribution in [3.8, 4) is 0 Å². The fourth-order valence-electron chi connectivity index (χ4n) is 2.39. The van der Waals surface area contributed by atoms with Crippen molar-refractivity contribution in [1.29, 1.82) is 0 Å². The SMILES string of the molecule is Cc1cccc(CNC2CCCCC2)c1. The lowest BCUT2D eigenvalue weighted by molar-refractivity contribution is 0.372. The second-order valence-electron chi connectivity index (χ2n) is 4.70. The minimum Gasteiger partial charge on any atom is -0.310 e. The van der Waals surface area contributed by atoms with E-state index < -0.39 is 0 Å². The Morgan fingerprint density at radius 3 is 2.73 bits per heavy atom. The van der Waals surface area contributed by atoms with E-state index >= 15 is 0 Å². The summed E-state index contributed by atoms with van der Waals surface area (Å²) in [5.74, 6) is 0. The van der Waals surface area contributed by atoms with Gasteiger partial charge in [0.05, 0.1) is 0 Å². The summed E-state index contributed by atoms with van der Waals surface area (Å²) in [6.45, 7) is 3.19. The third kappa shape index (κ3) is 3.35. The van der Waals surface area contributed by atoms with E-state index in [2.05, 4.69) is 36.5 Å². The van der Waals surface area contributed by atoms with Crippen molar-refractivity contribution in [1.82, 2.24) is 5.32 Å². The third-order valence-corrected chi connectivity index (χ3v) is 3.28. The van der Waals surface area contributed by atoms with E-state index in [9.17, 15) is 0 Å². The number of hydrogen-bond donors (Lipinski definition) is 1. The monoisotopic (exact) mass is 203 g/mol. The first-order chi connectivity index (χ1) is 7.34. The van der Waals surface area contributed by atoms with E-state index in [4.69, 9.17) is 0 Å². The molecule has 1 aromatic carbocycles. The summed E-state index contributed by atoms with van der Waals surface area (Å²) in [4.78, 5) is 0. The van der Waals surface area contributed by atoms with Crippen LogP contribution in [0, 0.1) is 6.92 Å². The summed E-state index contributed by atoms with van der Waals surface area (Å²) in [5.41, 5.74) is 2.78. The molecule has 0 bridgehead atoms. The van der Waals surface area contributed by atoms with Crippen molar-refractivity contribution in [2.45, 2.75) is 51.6 Å². The van der Waals surface area contributed by atoms with Crippen LogP contribution in [-0.2, 0) is 6.54 Å². The summed E-state index contributed by atoms with van der Waals surface area (Å²) in [5, 5.41) is 3.67. The smallest absolute Gasteiger partial charge is 0.0208 e. The van der Waals surface area contributed by atoms with Crippen LogP contribution >= 0.6 is 0 Å². The van der Waals surface area contributed by atoms with Crippen molar-refractivity contribution < 1.29 is 0 Å². The molecule has 15 heavy (non-hydrogen) atoms. The molecule has 0 saturated heterocycles. The molecule has 1 aliphatic carbocycles. The summed E-state index contributed by atoms with van der Waals surface area (Å²) >= 11 is 0. The van der Waals surface area contributed by atoms with Crippen LogP contribution in [0.3, 0.4) is 0 Å². The molecule has 0 radical (unpaired) electrons. The lowest BCUT2D eigenvalue weighted by atomic mass is 9.95. The maximum Gasteiger partial charge on any atom is 0.0208 e. The molecule has 0 aliphatic heterocycles. The van der Waals surface area contributed by atoms with Gasteiger partial charge in [-0.25, -0.2) is 0 Å². The summed E-state index contributed by atoms with van der Waals surface area (Å²) in [6.07, 6.45) is 6.98. The maximum absolute atomic E-state index is 3.67. The normalized spacial score (nSPS) is 17.9. The third-order valence-electron chi connectivity index (χ3n) is 3.28. The Bertz CT molecular complexity index is 300. The molecule has 1 nitrogen and oxygen atoms in total. The van der Waals surface area contributed by atoms with Crippen LogP contribution in [0.5, 0.6) is 0 Å². The fourth-order valence-corrected chi connectivity index (χ4v) is 2.39. The Morgan fingerprint density at radius 2 is 2.00 bits per heavy atom. The van der Waals surface area contributed by atoms with Crippen LogP contribution < -0.4 is 5.32 Å². The molecule has 0 aromatic heterocycles. The van der Waals surface area contributed by atoms with Gasteiger partial charge in [0.2, 0.25) is 0 Å². The molecule has 0 atom stereocenters. The van der Waals surface area contributed by atoms with E-state index in [1.54, 1.807) is 0 Å². The Kier molecular flexibility index (Phi) is 3.79. The van der Waals surface area contributed by atoms with Gasteiger partial charge in [0, 0.05) is 12.6 Å². The van der Waals surface area contributed by atoms with E-state index in [1.165, 1.54) is 43.2 Å². The van der Waals surface area contributed by atoms with Crippen LogP contribution in [0.1, 0.15) is 43.2 Å². The second-order valence-corrected chi connectivity index (χ2v) is 4.70. The Morgan fingerprint density at radius 1 is 1.20 bits per heavy atom. The van der Waals surface area contributed by atoms with Gasteiger partial charge in [-0.1, -0.05) is 49.1 Å². The van der Waals surface area contributed by atoms with Gasteiger partial charge < -0.3 is 5.32 Å². The van der Waals surface area contributed by atoms with Gasteiger partial charge in [-0.2, -0.15) is 0 Å². The number of aryl methyl sites for hydroxylation is 1. The van der Waals surface area contributed by atoms with Crippen molar-refractivity contribution in [3.05, 3.63) is 35.4 Å². The van der Waals surface area contributed by atoms with Gasteiger partial charge in [-0.15, -0.1) is 0 Å². The molecule has 1 aromatic rings. The highest BCUT2D eigenvalue weighted by Crippen LogP contribution is 2.17. The molecular formula is C14H21N. The first kappa shape index (κ1) is 10.7. The van der Waals surface area contributed by atoms with E-state index in [0.29, 0.717) is 0 Å². The summed E-state index contributed by atoms with van der Waals surface area (Å²) in [7, 11) is 0. The highest BCUT2D eigenvalue weighted by molar-refractivity contribution is 5.22. The average molecular weight is 203 g/mol. The molecule has 0 unspecified atom stereocenters. The molecule has 0 spiro atoms. The standard InChI is InChI=1S/C14H21N/c1-12-6-5-7-13(10-12)11-15-14-8-3-2-4-9-14/h5-7,10,14-15H,2-4,8-9,11H2,1H3. The molecule has 82 valence electrons. The topological polar surface area (TPSA) is 12.0 Å². The number of benzene rings is 1. The highest BCUT2D eigenvalue weighted by atomic mass is 14.9. The zero-order valence-corrected chi connectivity index (χ0v) is 9.63. The molecule has 0 amide bonds. The van der Waals surface area contributed by atoms with E-state index in [0.717, 1.165) is 12.6 Å². The number of hydrogen-bond acceptors (Lipinski definition) is 1. The van der Waals surface area contributed by atoms with Crippen molar-refractivity contribution >= 4 is 0 Å². The fraction of sp³-hybridized carbons (Fsp3) is 0.571. The second kappa shape index (κ2) is 5.32. The van der Waals surface area contributed by atoms with E-state index in [-0.39, 0.29) is 0 Å². The van der Waals surface area contributed by atoms with Gasteiger partial charge in [-0.05, 0) is 25.3 Å². The minimum absolute atomic E-state index is 0.763. The first-order valence-electron chi connectivity index (χ1n) is 6.13. The van der Waals surface area contributed by atoms with Crippen LogP contribution in [-0.4, -0.2) is 6.04 Å². The molecule has 1 saturated carbocycles. The van der Waals surface area contributed by atoms with Crippen LogP contribution in [0.15, 0.2) is 24.3 Å². The van der Waals surface area contributed by atoms with Crippen molar-refractivity contribution in [2.75, 3.05) is 0 Å². The van der Waals surface area contributed by atoms with Crippen molar-refractivity contribution in [3.63, 3.8) is 0 Å². The largest absolute Gasteiger partial charge is 0.310 e. The molecule has 1 aliphatic rings. The quantitative estimate of drug-likeness (QED) is 0.793. The lowest BCUT2D eigenvalue weighted by Gasteiger charge is -2.22. The van der Waals surface area contributed by atoms with Gasteiger partial charge in [0.1, 0.15) is 0 Å². The molecule has 1 heteroatoms.